The van der Waals surface area contributed by atoms with E-state index in [1.165, 1.54) is 6.92 Å². The molecule has 0 spiro atoms. The molecule has 7 heteroatoms. The lowest BCUT2D eigenvalue weighted by Crippen LogP contribution is -2.56. The molecule has 0 aliphatic heterocycles. The van der Waals surface area contributed by atoms with E-state index in [9.17, 15) is 19.2 Å². The van der Waals surface area contributed by atoms with E-state index in [4.69, 9.17) is 0 Å². The molecule has 0 aromatic rings. The molecule has 2 N–H and O–H groups in total. The Morgan fingerprint density at radius 1 is 0.963 bits per heavy atom. The summed E-state index contributed by atoms with van der Waals surface area (Å²) >= 11 is 1.07. The Balaban J connectivity index is 5.34. The zero-order valence-corrected chi connectivity index (χ0v) is 18.8. The van der Waals surface area contributed by atoms with E-state index in [-0.39, 0.29) is 40.3 Å². The van der Waals surface area contributed by atoms with Gasteiger partial charge in [0.05, 0.1) is 12.1 Å². The number of hydrogen-bond acceptors (Lipinski definition) is 6. The number of ketones is 2. The van der Waals surface area contributed by atoms with Crippen molar-refractivity contribution >= 4 is 34.4 Å². The summed E-state index contributed by atoms with van der Waals surface area (Å²) in [6.45, 7) is 14.5. The summed E-state index contributed by atoms with van der Waals surface area (Å²) in [6.07, 6.45) is 1.01. The van der Waals surface area contributed by atoms with Crippen molar-refractivity contribution in [2.24, 2.45) is 5.41 Å². The lowest BCUT2D eigenvalue weighted by atomic mass is 9.87. The van der Waals surface area contributed by atoms with E-state index in [0.29, 0.717) is 12.8 Å². The van der Waals surface area contributed by atoms with Crippen LogP contribution in [-0.4, -0.2) is 46.0 Å². The van der Waals surface area contributed by atoms with Crippen LogP contribution < -0.4 is 10.6 Å². The average molecular weight is 401 g/mol. The largest absolute Gasteiger partial charge is 0.344 e. The molecule has 6 nitrogen and oxygen atoms in total. The summed E-state index contributed by atoms with van der Waals surface area (Å²) in [5.74, 6) is -0.217. The van der Waals surface area contributed by atoms with Gasteiger partial charge in [-0.1, -0.05) is 39.5 Å². The van der Waals surface area contributed by atoms with E-state index in [1.54, 1.807) is 27.7 Å². The number of carbonyl (C=O) groups excluding carboxylic acids is 4. The number of thioether (sulfide) groups is 1. The van der Waals surface area contributed by atoms with Crippen molar-refractivity contribution in [1.82, 2.24) is 10.6 Å². The molecule has 0 aromatic heterocycles. The summed E-state index contributed by atoms with van der Waals surface area (Å²) in [4.78, 5) is 48.6. The molecule has 0 radical (unpaired) electrons. The second kappa shape index (κ2) is 11.0. The van der Waals surface area contributed by atoms with Crippen LogP contribution in [0.25, 0.3) is 0 Å². The van der Waals surface area contributed by atoms with E-state index in [2.05, 4.69) is 10.6 Å². The van der Waals surface area contributed by atoms with E-state index in [1.807, 2.05) is 20.8 Å². The molecule has 0 saturated heterocycles. The third kappa shape index (κ3) is 11.3. The van der Waals surface area contributed by atoms with Crippen molar-refractivity contribution in [2.75, 3.05) is 5.75 Å². The van der Waals surface area contributed by atoms with Crippen LogP contribution in [0.2, 0.25) is 0 Å². The van der Waals surface area contributed by atoms with Crippen molar-refractivity contribution < 1.29 is 19.2 Å². The molecule has 0 aliphatic carbocycles. The topological polar surface area (TPSA) is 92.3 Å². The number of amides is 1. The third-order valence-corrected chi connectivity index (χ3v) is 4.89. The Morgan fingerprint density at radius 2 is 1.52 bits per heavy atom. The van der Waals surface area contributed by atoms with Crippen molar-refractivity contribution in [1.29, 1.82) is 0 Å². The van der Waals surface area contributed by atoms with Gasteiger partial charge in [-0.15, -0.1) is 0 Å². The standard InChI is InChI=1S/C20H36N2O4S/c1-9-16(24)27-12-15(17(25)19(3,4)5)21-18(26)14(11-10-13(2)23)22-20(6,7)8/h14-15,22H,9-12H2,1-8H3,(H,21,26)/t14-,15-/m0/s1. The van der Waals surface area contributed by atoms with E-state index < -0.39 is 17.5 Å². The van der Waals surface area contributed by atoms with Gasteiger partial charge in [0.25, 0.3) is 0 Å². The van der Waals surface area contributed by atoms with Crippen molar-refractivity contribution in [3.8, 4) is 0 Å². The molecule has 1 amide bonds. The van der Waals surface area contributed by atoms with Crippen molar-refractivity contribution in [2.45, 2.75) is 92.3 Å². The van der Waals surface area contributed by atoms with Gasteiger partial charge in [-0.2, -0.15) is 0 Å². The summed E-state index contributed by atoms with van der Waals surface area (Å²) in [7, 11) is 0. The quantitative estimate of drug-likeness (QED) is 0.586. The predicted octanol–water partition coefficient (Wildman–Crippen LogP) is 2.88. The first-order chi connectivity index (χ1) is 12.2. The summed E-state index contributed by atoms with van der Waals surface area (Å²) < 4.78 is 0. The highest BCUT2D eigenvalue weighted by atomic mass is 32.2. The predicted molar refractivity (Wildman–Crippen MR) is 111 cm³/mol. The van der Waals surface area contributed by atoms with Crippen LogP contribution in [0.15, 0.2) is 0 Å². The molecule has 0 bridgehead atoms. The highest BCUT2D eigenvalue weighted by Gasteiger charge is 2.33. The number of rotatable bonds is 10. The molecular formula is C20H36N2O4S. The minimum absolute atomic E-state index is 0.00919. The van der Waals surface area contributed by atoms with Crippen LogP contribution in [0.5, 0.6) is 0 Å². The van der Waals surface area contributed by atoms with Gasteiger partial charge in [0.1, 0.15) is 5.78 Å². The normalized spacial score (nSPS) is 14.4. The Kier molecular flexibility index (Phi) is 10.5. The maximum absolute atomic E-state index is 12.9. The molecule has 0 fully saturated rings. The summed E-state index contributed by atoms with van der Waals surface area (Å²) in [5.41, 5.74) is -0.963. The smallest absolute Gasteiger partial charge is 0.237 e. The highest BCUT2D eigenvalue weighted by Crippen LogP contribution is 2.20. The van der Waals surface area contributed by atoms with Crippen molar-refractivity contribution in [3.63, 3.8) is 0 Å². The molecule has 2 atom stereocenters. The molecule has 0 aliphatic rings. The molecule has 27 heavy (non-hydrogen) atoms. The maximum atomic E-state index is 12.9. The van der Waals surface area contributed by atoms with Gasteiger partial charge in [0.15, 0.2) is 10.9 Å². The summed E-state index contributed by atoms with van der Waals surface area (Å²) in [5, 5.41) is 6.02. The average Bonchev–Trinajstić information content (AvgIpc) is 2.51. The molecule has 0 aromatic carbocycles. The zero-order valence-electron chi connectivity index (χ0n) is 18.0. The Labute approximate surface area is 168 Å². The fraction of sp³-hybridized carbons (Fsp3) is 0.800. The van der Waals surface area contributed by atoms with E-state index >= 15 is 0 Å². The van der Waals surface area contributed by atoms with Crippen LogP contribution in [0.3, 0.4) is 0 Å². The van der Waals surface area contributed by atoms with Gasteiger partial charge in [-0.05, 0) is 34.1 Å². The number of hydrogen-bond donors (Lipinski definition) is 2. The van der Waals surface area contributed by atoms with Crippen LogP contribution in [-0.2, 0) is 19.2 Å². The van der Waals surface area contributed by atoms with Crippen LogP contribution in [0.4, 0.5) is 0 Å². The Morgan fingerprint density at radius 3 is 1.93 bits per heavy atom. The minimum Gasteiger partial charge on any atom is -0.344 e. The Bertz CT molecular complexity index is 547. The Hall–Kier alpha value is -1.21. The number of carbonyl (C=O) groups is 4. The molecular weight excluding hydrogens is 364 g/mol. The molecule has 0 heterocycles. The monoisotopic (exact) mass is 400 g/mol. The van der Waals surface area contributed by atoms with Gasteiger partial charge in [0, 0.05) is 29.5 Å². The van der Waals surface area contributed by atoms with E-state index in [0.717, 1.165) is 11.8 Å². The molecule has 156 valence electrons. The van der Waals surface area contributed by atoms with Crippen LogP contribution >= 0.6 is 11.8 Å². The maximum Gasteiger partial charge on any atom is 0.237 e. The second-order valence-electron chi connectivity index (χ2n) is 8.90. The lowest BCUT2D eigenvalue weighted by molar-refractivity contribution is -0.133. The third-order valence-electron chi connectivity index (χ3n) is 3.78. The minimum atomic E-state index is -0.750. The molecule has 0 rings (SSSR count). The fourth-order valence-corrected chi connectivity index (χ4v) is 3.19. The van der Waals surface area contributed by atoms with Gasteiger partial charge in [-0.25, -0.2) is 0 Å². The lowest BCUT2D eigenvalue weighted by Gasteiger charge is -2.30. The van der Waals surface area contributed by atoms with Crippen LogP contribution in [0.1, 0.15) is 74.7 Å². The first-order valence-corrected chi connectivity index (χ1v) is 10.4. The summed E-state index contributed by atoms with van der Waals surface area (Å²) in [6, 6.07) is -1.34. The molecule has 0 saturated carbocycles. The number of Topliss-reactive ketones (excluding diaryl/α,β-unsaturated/α-hetero) is 2. The first-order valence-electron chi connectivity index (χ1n) is 9.44. The number of nitrogens with one attached hydrogen (secondary N) is 2. The SMILES string of the molecule is CCC(=O)SC[C@H](NC(=O)[C@H](CCC(C)=O)NC(C)(C)C)C(=O)C(C)(C)C. The molecule has 0 unspecified atom stereocenters. The zero-order chi connectivity index (χ0) is 21.4. The highest BCUT2D eigenvalue weighted by molar-refractivity contribution is 8.13. The van der Waals surface area contributed by atoms with Crippen molar-refractivity contribution in [3.05, 3.63) is 0 Å². The second-order valence-corrected chi connectivity index (χ2v) is 9.98. The van der Waals surface area contributed by atoms with Gasteiger partial charge in [-0.3, -0.25) is 14.4 Å². The first kappa shape index (κ1) is 25.8. The fourth-order valence-electron chi connectivity index (χ4n) is 2.40. The van der Waals surface area contributed by atoms with Gasteiger partial charge < -0.3 is 15.4 Å². The van der Waals surface area contributed by atoms with Gasteiger partial charge in [0.2, 0.25) is 5.91 Å². The van der Waals surface area contributed by atoms with Crippen LogP contribution in [0, 0.1) is 5.41 Å². The van der Waals surface area contributed by atoms with Gasteiger partial charge >= 0.3 is 0 Å².